The van der Waals surface area contributed by atoms with Gasteiger partial charge in [0.2, 0.25) is 0 Å². The van der Waals surface area contributed by atoms with Gasteiger partial charge in [-0.25, -0.2) is 0 Å². The van der Waals surface area contributed by atoms with Gasteiger partial charge in [-0.3, -0.25) is 9.98 Å². The average molecular weight is 411 g/mol. The number of benzene rings is 2. The zero-order chi connectivity index (χ0) is 21.5. The SMILES string of the molecule is CC1(C)[C@@H]2CC[C@@]1(C(O)(c1ccccc1)c1ccccc1)C(=NCc1ccccn1)C2. The Labute approximate surface area is 184 Å². The third-order valence-corrected chi connectivity index (χ3v) is 8.08. The summed E-state index contributed by atoms with van der Waals surface area (Å²) in [5, 5.41) is 12.8. The zero-order valence-corrected chi connectivity index (χ0v) is 18.3. The summed E-state index contributed by atoms with van der Waals surface area (Å²) in [7, 11) is 0. The molecule has 2 aromatic carbocycles. The van der Waals surface area contributed by atoms with Crippen LogP contribution in [0.15, 0.2) is 90.1 Å². The Morgan fingerprint density at radius 1 is 0.935 bits per heavy atom. The molecule has 2 fully saturated rings. The van der Waals surface area contributed by atoms with Gasteiger partial charge in [0.1, 0.15) is 5.60 Å². The molecule has 158 valence electrons. The number of hydrogen-bond acceptors (Lipinski definition) is 3. The van der Waals surface area contributed by atoms with Crippen LogP contribution < -0.4 is 0 Å². The van der Waals surface area contributed by atoms with Crippen molar-refractivity contribution in [1.29, 1.82) is 0 Å². The molecule has 0 unspecified atom stereocenters. The molecule has 2 aliphatic rings. The molecule has 0 amide bonds. The first-order valence-electron chi connectivity index (χ1n) is 11.3. The number of hydrogen-bond donors (Lipinski definition) is 1. The van der Waals surface area contributed by atoms with Crippen molar-refractivity contribution in [3.63, 3.8) is 0 Å². The third-order valence-electron chi connectivity index (χ3n) is 8.08. The van der Waals surface area contributed by atoms with E-state index >= 15 is 0 Å². The number of pyridine rings is 1. The number of rotatable bonds is 5. The molecule has 3 nitrogen and oxygen atoms in total. The lowest BCUT2D eigenvalue weighted by Crippen LogP contribution is -2.55. The van der Waals surface area contributed by atoms with Crippen molar-refractivity contribution in [1.82, 2.24) is 4.98 Å². The van der Waals surface area contributed by atoms with Gasteiger partial charge in [0.05, 0.1) is 17.7 Å². The van der Waals surface area contributed by atoms with Crippen LogP contribution in [-0.2, 0) is 12.1 Å². The van der Waals surface area contributed by atoms with Crippen LogP contribution in [0.5, 0.6) is 0 Å². The number of nitrogens with zero attached hydrogens (tertiary/aromatic N) is 2. The molecule has 2 saturated carbocycles. The highest BCUT2D eigenvalue weighted by Crippen LogP contribution is 2.71. The van der Waals surface area contributed by atoms with Crippen LogP contribution >= 0.6 is 0 Å². The first-order chi connectivity index (χ1) is 15.0. The summed E-state index contributed by atoms with van der Waals surface area (Å²) in [5.41, 5.74) is 2.33. The van der Waals surface area contributed by atoms with E-state index in [2.05, 4.69) is 43.1 Å². The number of aliphatic hydroxyl groups is 1. The second kappa shape index (κ2) is 7.42. The fraction of sp³-hybridized carbons (Fsp3) is 0.357. The van der Waals surface area contributed by atoms with E-state index in [0.717, 1.165) is 41.8 Å². The molecular formula is C28H30N2O. The molecule has 31 heavy (non-hydrogen) atoms. The largest absolute Gasteiger partial charge is 0.379 e. The van der Waals surface area contributed by atoms with Crippen molar-refractivity contribution in [3.8, 4) is 0 Å². The van der Waals surface area contributed by atoms with Gasteiger partial charge in [0, 0.05) is 11.9 Å². The Morgan fingerprint density at radius 3 is 2.10 bits per heavy atom. The smallest absolute Gasteiger partial charge is 0.126 e. The molecule has 0 radical (unpaired) electrons. The minimum absolute atomic E-state index is 0.0730. The van der Waals surface area contributed by atoms with Gasteiger partial charge >= 0.3 is 0 Å². The standard InChI is InChI=1S/C28H30N2O/c1-26(2)23-16-17-27(26,25(19-23)30-20-24-15-9-10-18-29-24)28(31,21-11-5-3-6-12-21)22-13-7-4-8-14-22/h3-15,18,23,31H,16-17,19-20H2,1-2H3/t23-,27-/m1/s1. The molecule has 3 aromatic rings. The number of aromatic nitrogens is 1. The maximum Gasteiger partial charge on any atom is 0.126 e. The van der Waals surface area contributed by atoms with E-state index in [-0.39, 0.29) is 5.41 Å². The maximum absolute atomic E-state index is 12.8. The molecule has 0 spiro atoms. The summed E-state index contributed by atoms with van der Waals surface area (Å²) in [4.78, 5) is 9.62. The molecule has 3 heteroatoms. The van der Waals surface area contributed by atoms with Crippen molar-refractivity contribution in [2.75, 3.05) is 0 Å². The fourth-order valence-corrected chi connectivity index (χ4v) is 6.44. The Hall–Kier alpha value is -2.78. The zero-order valence-electron chi connectivity index (χ0n) is 18.3. The van der Waals surface area contributed by atoms with Gasteiger partial charge in [-0.15, -0.1) is 0 Å². The Bertz CT molecular complexity index is 1040. The average Bonchev–Trinajstić information content (AvgIpc) is 3.21. The molecule has 1 heterocycles. The highest BCUT2D eigenvalue weighted by molar-refractivity contribution is 5.96. The van der Waals surface area contributed by atoms with E-state index in [1.165, 1.54) is 0 Å². The van der Waals surface area contributed by atoms with Crippen LogP contribution in [0, 0.1) is 16.7 Å². The monoisotopic (exact) mass is 410 g/mol. The first kappa shape index (κ1) is 20.1. The number of fused-ring (bicyclic) bond motifs is 2. The summed E-state index contributed by atoms with van der Waals surface area (Å²) in [6.07, 6.45) is 4.83. The van der Waals surface area contributed by atoms with E-state index in [4.69, 9.17) is 4.99 Å². The van der Waals surface area contributed by atoms with E-state index in [9.17, 15) is 5.11 Å². The molecule has 0 aliphatic heterocycles. The van der Waals surface area contributed by atoms with Crippen LogP contribution in [-0.4, -0.2) is 15.8 Å². The van der Waals surface area contributed by atoms with Crippen molar-refractivity contribution >= 4 is 5.71 Å². The molecule has 2 bridgehead atoms. The Kier molecular flexibility index (Phi) is 4.82. The van der Waals surface area contributed by atoms with Gasteiger partial charge in [0.15, 0.2) is 0 Å². The van der Waals surface area contributed by atoms with Gasteiger partial charge in [-0.2, -0.15) is 0 Å². The first-order valence-corrected chi connectivity index (χ1v) is 11.3. The Balaban J connectivity index is 1.72. The highest BCUT2D eigenvalue weighted by atomic mass is 16.3. The van der Waals surface area contributed by atoms with Gasteiger partial charge in [-0.1, -0.05) is 80.6 Å². The molecule has 2 atom stereocenters. The topological polar surface area (TPSA) is 45.5 Å². The lowest BCUT2D eigenvalue weighted by atomic mass is 9.55. The fourth-order valence-electron chi connectivity index (χ4n) is 6.44. The van der Waals surface area contributed by atoms with Crippen molar-refractivity contribution < 1.29 is 5.11 Å². The van der Waals surface area contributed by atoms with Crippen molar-refractivity contribution in [2.24, 2.45) is 21.7 Å². The van der Waals surface area contributed by atoms with Crippen molar-refractivity contribution in [3.05, 3.63) is 102 Å². The Morgan fingerprint density at radius 2 is 1.55 bits per heavy atom. The third kappa shape index (κ3) is 2.83. The van der Waals surface area contributed by atoms with E-state index in [0.29, 0.717) is 12.5 Å². The molecule has 1 N–H and O–H groups in total. The molecule has 0 saturated heterocycles. The second-order valence-corrected chi connectivity index (χ2v) is 9.59. The summed E-state index contributed by atoms with van der Waals surface area (Å²) < 4.78 is 0. The summed E-state index contributed by atoms with van der Waals surface area (Å²) >= 11 is 0. The summed E-state index contributed by atoms with van der Waals surface area (Å²) in [6.45, 7) is 5.23. The van der Waals surface area contributed by atoms with E-state index < -0.39 is 11.0 Å². The van der Waals surface area contributed by atoms with Gasteiger partial charge in [-0.05, 0) is 53.9 Å². The maximum atomic E-state index is 12.8. The van der Waals surface area contributed by atoms with E-state index in [1.54, 1.807) is 0 Å². The molecule has 2 aliphatic carbocycles. The lowest BCUT2D eigenvalue weighted by molar-refractivity contribution is -0.0632. The summed E-state index contributed by atoms with van der Waals surface area (Å²) in [5.74, 6) is 0.522. The van der Waals surface area contributed by atoms with E-state index in [1.807, 2.05) is 60.8 Å². The number of aliphatic imine (C=N–C) groups is 1. The van der Waals surface area contributed by atoms with Gasteiger partial charge < -0.3 is 5.11 Å². The van der Waals surface area contributed by atoms with Crippen molar-refractivity contribution in [2.45, 2.75) is 45.3 Å². The van der Waals surface area contributed by atoms with Crippen LogP contribution in [0.4, 0.5) is 0 Å². The summed E-state index contributed by atoms with van der Waals surface area (Å²) in [6, 6.07) is 26.4. The second-order valence-electron chi connectivity index (χ2n) is 9.59. The van der Waals surface area contributed by atoms with Crippen LogP contribution in [0.1, 0.15) is 49.9 Å². The van der Waals surface area contributed by atoms with Crippen LogP contribution in [0.2, 0.25) is 0 Å². The quantitative estimate of drug-likeness (QED) is 0.579. The minimum Gasteiger partial charge on any atom is -0.379 e. The van der Waals surface area contributed by atoms with Crippen LogP contribution in [0.3, 0.4) is 0 Å². The molecule has 1 aromatic heterocycles. The predicted molar refractivity (Wildman–Crippen MR) is 125 cm³/mol. The molecular weight excluding hydrogens is 380 g/mol. The predicted octanol–water partition coefficient (Wildman–Crippen LogP) is 5.79. The molecule has 5 rings (SSSR count). The van der Waals surface area contributed by atoms with Crippen LogP contribution in [0.25, 0.3) is 0 Å². The lowest BCUT2D eigenvalue weighted by Gasteiger charge is -2.51. The minimum atomic E-state index is -1.15. The highest BCUT2D eigenvalue weighted by Gasteiger charge is 2.71. The van der Waals surface area contributed by atoms with Gasteiger partial charge in [0.25, 0.3) is 0 Å². The normalized spacial score (nSPS) is 25.8.